The summed E-state index contributed by atoms with van der Waals surface area (Å²) in [6.45, 7) is 7.55. The van der Waals surface area contributed by atoms with Crippen LogP contribution in [0.4, 0.5) is 10.8 Å². The Morgan fingerprint density at radius 1 is 1.10 bits per heavy atom. The normalized spacial score (nSPS) is 14.3. The zero-order valence-electron chi connectivity index (χ0n) is 18.0. The molecule has 2 heterocycles. The summed E-state index contributed by atoms with van der Waals surface area (Å²) in [5.41, 5.74) is 4.53. The molecule has 2 aromatic carbocycles. The summed E-state index contributed by atoms with van der Waals surface area (Å²) in [6, 6.07) is 12.3. The van der Waals surface area contributed by atoms with E-state index < -0.39 is 0 Å². The lowest BCUT2D eigenvalue weighted by molar-refractivity contribution is -0.129. The van der Waals surface area contributed by atoms with E-state index in [1.54, 1.807) is 18.4 Å². The number of fused-ring (bicyclic) bond motifs is 1. The van der Waals surface area contributed by atoms with E-state index >= 15 is 0 Å². The highest BCUT2D eigenvalue weighted by atomic mass is 32.1. The molecule has 4 rings (SSSR count). The number of methoxy groups -OCH3 is 1. The maximum Gasteiger partial charge on any atom is 0.242 e. The Bertz CT molecular complexity index is 1020. The van der Waals surface area contributed by atoms with Gasteiger partial charge in [-0.05, 0) is 37.1 Å². The van der Waals surface area contributed by atoms with Crippen LogP contribution in [0.1, 0.15) is 11.1 Å². The number of aromatic nitrogens is 1. The molecule has 1 aliphatic heterocycles. The fourth-order valence-electron chi connectivity index (χ4n) is 3.87. The number of carbonyl (C=O) groups excluding carboxylic acids is 1. The van der Waals surface area contributed by atoms with Crippen LogP contribution in [0.2, 0.25) is 0 Å². The number of hydrogen-bond donors (Lipinski definition) is 0. The van der Waals surface area contributed by atoms with Crippen molar-refractivity contribution in [2.75, 3.05) is 56.7 Å². The van der Waals surface area contributed by atoms with Crippen LogP contribution < -0.4 is 14.5 Å². The van der Waals surface area contributed by atoms with Gasteiger partial charge >= 0.3 is 0 Å². The summed E-state index contributed by atoms with van der Waals surface area (Å²) in [6.07, 6.45) is 0. The average molecular weight is 425 g/mol. The van der Waals surface area contributed by atoms with E-state index in [4.69, 9.17) is 9.72 Å². The Balaban J connectivity index is 1.39. The molecule has 0 unspecified atom stereocenters. The third-order valence-electron chi connectivity index (χ3n) is 5.69. The number of para-hydroxylation sites is 2. The molecule has 6 nitrogen and oxygen atoms in total. The molecule has 158 valence electrons. The second-order valence-corrected chi connectivity index (χ2v) is 8.75. The van der Waals surface area contributed by atoms with Crippen LogP contribution in [-0.4, -0.2) is 62.7 Å². The molecule has 1 saturated heterocycles. The zero-order valence-corrected chi connectivity index (χ0v) is 18.8. The number of thiazole rings is 1. The SMILES string of the molecule is COc1ccccc1N1CCN(C(=O)CN(C)c2nc3c(C)ccc(C)c3s2)CC1. The fourth-order valence-corrected chi connectivity index (χ4v) is 4.94. The lowest BCUT2D eigenvalue weighted by Crippen LogP contribution is -2.51. The van der Waals surface area contributed by atoms with Crippen LogP contribution in [0.25, 0.3) is 10.2 Å². The van der Waals surface area contributed by atoms with Crippen LogP contribution in [-0.2, 0) is 4.79 Å². The predicted molar refractivity (Wildman–Crippen MR) is 124 cm³/mol. The number of ether oxygens (including phenoxy) is 1. The highest BCUT2D eigenvalue weighted by molar-refractivity contribution is 7.22. The minimum absolute atomic E-state index is 0.143. The van der Waals surface area contributed by atoms with E-state index in [0.29, 0.717) is 19.6 Å². The molecule has 1 aliphatic rings. The molecule has 0 spiro atoms. The van der Waals surface area contributed by atoms with Gasteiger partial charge < -0.3 is 19.4 Å². The minimum Gasteiger partial charge on any atom is -0.495 e. The van der Waals surface area contributed by atoms with E-state index in [2.05, 4.69) is 36.9 Å². The highest BCUT2D eigenvalue weighted by Crippen LogP contribution is 2.32. The first-order valence-electron chi connectivity index (χ1n) is 10.2. The number of anilines is 2. The van der Waals surface area contributed by atoms with Crippen molar-refractivity contribution in [3.05, 3.63) is 47.5 Å². The molecule has 0 N–H and O–H groups in total. The quantitative estimate of drug-likeness (QED) is 0.625. The van der Waals surface area contributed by atoms with Crippen molar-refractivity contribution in [1.29, 1.82) is 0 Å². The monoisotopic (exact) mass is 424 g/mol. The van der Waals surface area contributed by atoms with Crippen molar-refractivity contribution in [1.82, 2.24) is 9.88 Å². The molecule has 0 bridgehead atoms. The van der Waals surface area contributed by atoms with E-state index in [9.17, 15) is 4.79 Å². The smallest absolute Gasteiger partial charge is 0.242 e. The number of nitrogens with zero attached hydrogens (tertiary/aromatic N) is 4. The second kappa shape index (κ2) is 8.52. The molecule has 3 aromatic rings. The summed E-state index contributed by atoms with van der Waals surface area (Å²) in [7, 11) is 3.64. The van der Waals surface area contributed by atoms with Gasteiger partial charge in [-0.3, -0.25) is 4.79 Å². The van der Waals surface area contributed by atoms with E-state index in [-0.39, 0.29) is 5.91 Å². The number of likely N-dealkylation sites (N-methyl/N-ethyl adjacent to an activating group) is 1. The van der Waals surface area contributed by atoms with Crippen molar-refractivity contribution >= 4 is 38.3 Å². The van der Waals surface area contributed by atoms with E-state index in [1.807, 2.05) is 35.0 Å². The first-order valence-corrected chi connectivity index (χ1v) is 11.0. The van der Waals surface area contributed by atoms with Crippen molar-refractivity contribution < 1.29 is 9.53 Å². The number of aryl methyl sites for hydroxylation is 2. The summed E-state index contributed by atoms with van der Waals surface area (Å²) in [5.74, 6) is 1.02. The van der Waals surface area contributed by atoms with Crippen LogP contribution in [0.5, 0.6) is 5.75 Å². The van der Waals surface area contributed by atoms with Gasteiger partial charge in [0.1, 0.15) is 5.75 Å². The molecule has 1 amide bonds. The maximum atomic E-state index is 12.9. The molecule has 1 fully saturated rings. The average Bonchev–Trinajstić information content (AvgIpc) is 3.23. The van der Waals surface area contributed by atoms with Gasteiger partial charge in [-0.1, -0.05) is 35.6 Å². The minimum atomic E-state index is 0.143. The summed E-state index contributed by atoms with van der Waals surface area (Å²) in [5, 5.41) is 0.892. The van der Waals surface area contributed by atoms with Crippen LogP contribution in [0, 0.1) is 13.8 Å². The van der Waals surface area contributed by atoms with Crippen molar-refractivity contribution in [3.8, 4) is 5.75 Å². The molecule has 7 heteroatoms. The molecular formula is C23H28N4O2S. The van der Waals surface area contributed by atoms with Crippen molar-refractivity contribution in [3.63, 3.8) is 0 Å². The van der Waals surface area contributed by atoms with Gasteiger partial charge in [0.15, 0.2) is 5.13 Å². The number of benzene rings is 2. The van der Waals surface area contributed by atoms with Gasteiger partial charge in [-0.15, -0.1) is 0 Å². The standard InChI is InChI=1S/C23H28N4O2S/c1-16-9-10-17(2)22-21(16)24-23(30-22)25(3)15-20(28)27-13-11-26(12-14-27)18-7-5-6-8-19(18)29-4/h5-10H,11-15H2,1-4H3. The third kappa shape index (κ3) is 3.94. The van der Waals surface area contributed by atoms with Crippen LogP contribution >= 0.6 is 11.3 Å². The third-order valence-corrected chi connectivity index (χ3v) is 6.99. The van der Waals surface area contributed by atoms with Gasteiger partial charge in [0, 0.05) is 33.2 Å². The lowest BCUT2D eigenvalue weighted by atomic mass is 10.1. The number of piperazine rings is 1. The van der Waals surface area contributed by atoms with Gasteiger partial charge in [-0.25, -0.2) is 4.98 Å². The number of hydrogen-bond acceptors (Lipinski definition) is 6. The van der Waals surface area contributed by atoms with Crippen molar-refractivity contribution in [2.45, 2.75) is 13.8 Å². The molecule has 0 atom stereocenters. The van der Waals surface area contributed by atoms with Gasteiger partial charge in [0.2, 0.25) is 5.91 Å². The van der Waals surface area contributed by atoms with Crippen LogP contribution in [0.3, 0.4) is 0 Å². The first-order chi connectivity index (χ1) is 14.5. The number of carbonyl (C=O) groups is 1. The zero-order chi connectivity index (χ0) is 21.3. The van der Waals surface area contributed by atoms with Gasteiger partial charge in [0.25, 0.3) is 0 Å². The fraction of sp³-hybridized carbons (Fsp3) is 0.391. The Labute approximate surface area is 181 Å². The van der Waals surface area contributed by atoms with E-state index in [1.165, 1.54) is 15.8 Å². The molecule has 0 saturated carbocycles. The molecule has 30 heavy (non-hydrogen) atoms. The summed E-state index contributed by atoms with van der Waals surface area (Å²) in [4.78, 5) is 23.9. The molecule has 0 aliphatic carbocycles. The lowest BCUT2D eigenvalue weighted by Gasteiger charge is -2.37. The van der Waals surface area contributed by atoms with Gasteiger partial charge in [0.05, 0.1) is 29.6 Å². The molecular weight excluding hydrogens is 396 g/mol. The maximum absolute atomic E-state index is 12.9. The number of rotatable bonds is 5. The summed E-state index contributed by atoms with van der Waals surface area (Å²) >= 11 is 1.66. The first kappa shape index (κ1) is 20.5. The Kier molecular flexibility index (Phi) is 5.81. The summed E-state index contributed by atoms with van der Waals surface area (Å²) < 4.78 is 6.68. The molecule has 1 aromatic heterocycles. The van der Waals surface area contributed by atoms with E-state index in [0.717, 1.165) is 35.2 Å². The number of amides is 1. The Morgan fingerprint density at radius 3 is 2.50 bits per heavy atom. The predicted octanol–water partition coefficient (Wildman–Crippen LogP) is 3.71. The highest BCUT2D eigenvalue weighted by Gasteiger charge is 2.24. The van der Waals surface area contributed by atoms with Gasteiger partial charge in [-0.2, -0.15) is 0 Å². The topological polar surface area (TPSA) is 48.9 Å². The Morgan fingerprint density at radius 2 is 1.80 bits per heavy atom. The van der Waals surface area contributed by atoms with Crippen LogP contribution in [0.15, 0.2) is 36.4 Å². The largest absolute Gasteiger partial charge is 0.495 e. The second-order valence-electron chi connectivity index (χ2n) is 7.77. The van der Waals surface area contributed by atoms with Crippen molar-refractivity contribution in [2.24, 2.45) is 0 Å². The molecule has 0 radical (unpaired) electrons. The Hall–Kier alpha value is -2.80.